The normalized spacial score (nSPS) is 25.8. The van der Waals surface area contributed by atoms with Crippen molar-refractivity contribution in [2.24, 2.45) is 11.7 Å². The van der Waals surface area contributed by atoms with E-state index in [1.807, 2.05) is 0 Å². The van der Waals surface area contributed by atoms with Crippen LogP contribution >= 0.6 is 0 Å². The largest absolute Gasteiger partial charge is 0.395 e. The molecule has 3 atom stereocenters. The maximum absolute atomic E-state index is 9.62. The van der Waals surface area contributed by atoms with E-state index in [1.54, 1.807) is 0 Å². The van der Waals surface area contributed by atoms with Gasteiger partial charge in [-0.2, -0.15) is 0 Å². The highest BCUT2D eigenvalue weighted by Gasteiger charge is 2.34. The lowest BCUT2D eigenvalue weighted by molar-refractivity contribution is 0.0723. The van der Waals surface area contributed by atoms with Gasteiger partial charge >= 0.3 is 0 Å². The van der Waals surface area contributed by atoms with Crippen molar-refractivity contribution in [3.05, 3.63) is 0 Å². The standard InChI is InChI=1S/C13H29N3O/c1-10(2)13(14)12(9-17)16-7-5-6-11(16)8-15(3)4/h10-13,17H,5-9,14H2,1-4H3. The Morgan fingerprint density at radius 3 is 2.53 bits per heavy atom. The molecule has 4 heteroatoms. The molecule has 0 amide bonds. The summed E-state index contributed by atoms with van der Waals surface area (Å²) < 4.78 is 0. The number of likely N-dealkylation sites (N-methyl/N-ethyl adjacent to an activating group) is 1. The van der Waals surface area contributed by atoms with Gasteiger partial charge in [0.15, 0.2) is 0 Å². The van der Waals surface area contributed by atoms with Gasteiger partial charge in [0.1, 0.15) is 0 Å². The summed E-state index contributed by atoms with van der Waals surface area (Å²) in [6, 6.07) is 0.720. The molecule has 17 heavy (non-hydrogen) atoms. The van der Waals surface area contributed by atoms with Gasteiger partial charge in [0.25, 0.3) is 0 Å². The zero-order chi connectivity index (χ0) is 13.0. The average Bonchev–Trinajstić information content (AvgIpc) is 2.66. The fourth-order valence-electron chi connectivity index (χ4n) is 2.80. The van der Waals surface area contributed by atoms with Crippen LogP contribution in [0.4, 0.5) is 0 Å². The fourth-order valence-corrected chi connectivity index (χ4v) is 2.80. The van der Waals surface area contributed by atoms with Crippen LogP contribution in [0.5, 0.6) is 0 Å². The second-order valence-corrected chi connectivity index (χ2v) is 5.87. The summed E-state index contributed by atoms with van der Waals surface area (Å²) in [5.74, 6) is 0.410. The van der Waals surface area contributed by atoms with Crippen LogP contribution in [0.3, 0.4) is 0 Å². The summed E-state index contributed by atoms with van der Waals surface area (Å²) in [5.41, 5.74) is 6.23. The van der Waals surface area contributed by atoms with Crippen LogP contribution in [0.15, 0.2) is 0 Å². The molecule has 1 fully saturated rings. The molecule has 0 aromatic rings. The van der Waals surface area contributed by atoms with Crippen molar-refractivity contribution in [1.29, 1.82) is 0 Å². The van der Waals surface area contributed by atoms with Gasteiger partial charge in [-0.05, 0) is 39.4 Å². The van der Waals surface area contributed by atoms with Crippen LogP contribution in [0, 0.1) is 5.92 Å². The first-order valence-electron chi connectivity index (χ1n) is 6.74. The van der Waals surface area contributed by atoms with Crippen LogP contribution in [-0.2, 0) is 0 Å². The van der Waals surface area contributed by atoms with Gasteiger partial charge < -0.3 is 15.7 Å². The Morgan fingerprint density at radius 1 is 1.41 bits per heavy atom. The third-order valence-electron chi connectivity index (χ3n) is 3.83. The van der Waals surface area contributed by atoms with Crippen molar-refractivity contribution in [2.45, 2.75) is 44.8 Å². The van der Waals surface area contributed by atoms with Gasteiger partial charge in [-0.1, -0.05) is 13.8 Å². The van der Waals surface area contributed by atoms with Crippen LogP contribution in [0.2, 0.25) is 0 Å². The summed E-state index contributed by atoms with van der Waals surface area (Å²) >= 11 is 0. The average molecular weight is 243 g/mol. The van der Waals surface area contributed by atoms with Crippen LogP contribution < -0.4 is 5.73 Å². The Bertz CT molecular complexity index is 221. The van der Waals surface area contributed by atoms with E-state index >= 15 is 0 Å². The van der Waals surface area contributed by atoms with E-state index < -0.39 is 0 Å². The molecule has 1 aliphatic heterocycles. The van der Waals surface area contributed by atoms with Crippen LogP contribution in [0.25, 0.3) is 0 Å². The Hall–Kier alpha value is -0.160. The first kappa shape index (κ1) is 14.9. The quantitative estimate of drug-likeness (QED) is 0.707. The van der Waals surface area contributed by atoms with Crippen molar-refractivity contribution in [2.75, 3.05) is 33.8 Å². The molecule has 1 aliphatic rings. The third-order valence-corrected chi connectivity index (χ3v) is 3.83. The molecule has 3 unspecified atom stereocenters. The highest BCUT2D eigenvalue weighted by atomic mass is 16.3. The third kappa shape index (κ3) is 3.91. The Kier molecular flexibility index (Phi) is 5.86. The van der Waals surface area contributed by atoms with Crippen molar-refractivity contribution in [3.8, 4) is 0 Å². The number of rotatable bonds is 6. The SMILES string of the molecule is CC(C)C(N)C(CO)N1CCCC1CN(C)C. The van der Waals surface area contributed by atoms with Gasteiger partial charge in [0, 0.05) is 24.7 Å². The number of nitrogens with two attached hydrogens (primary N) is 1. The predicted octanol–water partition coefficient (Wildman–Crippen LogP) is 0.357. The molecule has 102 valence electrons. The first-order chi connectivity index (χ1) is 7.97. The van der Waals surface area contributed by atoms with Crippen molar-refractivity contribution in [1.82, 2.24) is 9.80 Å². The molecule has 1 rings (SSSR count). The molecule has 0 aromatic carbocycles. The van der Waals surface area contributed by atoms with Gasteiger partial charge in [0.2, 0.25) is 0 Å². The zero-order valence-corrected chi connectivity index (χ0v) is 11.8. The minimum Gasteiger partial charge on any atom is -0.395 e. The van der Waals surface area contributed by atoms with Crippen molar-refractivity contribution < 1.29 is 5.11 Å². The Labute approximate surface area is 106 Å². The summed E-state index contributed by atoms with van der Waals surface area (Å²) in [4.78, 5) is 4.64. The minimum atomic E-state index is 0.0581. The molecule has 1 heterocycles. The maximum Gasteiger partial charge on any atom is 0.0602 e. The molecule has 0 aromatic heterocycles. The van der Waals surface area contributed by atoms with Crippen LogP contribution in [0.1, 0.15) is 26.7 Å². The molecule has 0 bridgehead atoms. The summed E-state index contributed by atoms with van der Waals surface area (Å²) in [6.07, 6.45) is 2.44. The Morgan fingerprint density at radius 2 is 2.06 bits per heavy atom. The molecule has 1 saturated heterocycles. The summed E-state index contributed by atoms with van der Waals surface area (Å²) in [6.45, 7) is 6.56. The number of aliphatic hydroxyl groups excluding tert-OH is 1. The van der Waals surface area contributed by atoms with E-state index in [-0.39, 0.29) is 18.7 Å². The van der Waals surface area contributed by atoms with E-state index in [4.69, 9.17) is 5.73 Å². The maximum atomic E-state index is 9.62. The molecule has 4 nitrogen and oxygen atoms in total. The zero-order valence-electron chi connectivity index (χ0n) is 11.8. The van der Waals surface area contributed by atoms with Crippen LogP contribution in [-0.4, -0.2) is 66.8 Å². The van der Waals surface area contributed by atoms with Gasteiger partial charge in [-0.15, -0.1) is 0 Å². The lowest BCUT2D eigenvalue weighted by atomic mass is 9.96. The molecule has 0 aliphatic carbocycles. The summed E-state index contributed by atoms with van der Waals surface area (Å²) in [5, 5.41) is 9.62. The molecule has 0 saturated carbocycles. The van der Waals surface area contributed by atoms with E-state index in [0.29, 0.717) is 12.0 Å². The second kappa shape index (κ2) is 6.69. The molecule has 0 radical (unpaired) electrons. The van der Waals surface area contributed by atoms with Crippen molar-refractivity contribution >= 4 is 0 Å². The number of likely N-dealkylation sites (tertiary alicyclic amines) is 1. The lowest BCUT2D eigenvalue weighted by Crippen LogP contribution is -2.55. The van der Waals surface area contributed by atoms with Gasteiger partial charge in [0.05, 0.1) is 6.61 Å². The van der Waals surface area contributed by atoms with E-state index in [1.165, 1.54) is 12.8 Å². The number of hydrogen-bond donors (Lipinski definition) is 2. The van der Waals surface area contributed by atoms with E-state index in [9.17, 15) is 5.11 Å². The summed E-state index contributed by atoms with van der Waals surface area (Å²) in [7, 11) is 4.21. The predicted molar refractivity (Wildman–Crippen MR) is 72.0 cm³/mol. The molecule has 0 spiro atoms. The fraction of sp³-hybridized carbons (Fsp3) is 1.00. The first-order valence-corrected chi connectivity index (χ1v) is 6.74. The number of nitrogens with zero attached hydrogens (tertiary/aromatic N) is 2. The van der Waals surface area contributed by atoms with E-state index in [0.717, 1.165) is 13.1 Å². The molecular weight excluding hydrogens is 214 g/mol. The topological polar surface area (TPSA) is 52.7 Å². The minimum absolute atomic E-state index is 0.0581. The van der Waals surface area contributed by atoms with E-state index in [2.05, 4.69) is 37.7 Å². The highest BCUT2D eigenvalue weighted by molar-refractivity contribution is 4.91. The molecule has 3 N–H and O–H groups in total. The van der Waals surface area contributed by atoms with Gasteiger partial charge in [-0.25, -0.2) is 0 Å². The Balaban J connectivity index is 2.66. The smallest absolute Gasteiger partial charge is 0.0602 e. The number of hydrogen-bond acceptors (Lipinski definition) is 4. The monoisotopic (exact) mass is 243 g/mol. The highest BCUT2D eigenvalue weighted by Crippen LogP contribution is 2.23. The van der Waals surface area contributed by atoms with Gasteiger partial charge in [-0.3, -0.25) is 4.90 Å². The lowest BCUT2D eigenvalue weighted by Gasteiger charge is -2.38. The van der Waals surface area contributed by atoms with Crippen molar-refractivity contribution in [3.63, 3.8) is 0 Å². The molecular formula is C13H29N3O. The second-order valence-electron chi connectivity index (χ2n) is 5.87. The number of aliphatic hydroxyl groups is 1.